The second-order valence-corrected chi connectivity index (χ2v) is 7.82. The zero-order valence-corrected chi connectivity index (χ0v) is 18.5. The standard InChI is InChI=1S/C24H26O8/c1-15(2)13-29-21(25)17-9-5-7-11-19(17)23(27)31-32-24(28)20-12-8-6-10-18(20)22(26)30-14-16(3)4/h5-12,15-16H,13-14H2,1-4H3. The van der Waals surface area contributed by atoms with E-state index >= 15 is 0 Å². The predicted molar refractivity (Wildman–Crippen MR) is 114 cm³/mol. The van der Waals surface area contributed by atoms with E-state index in [1.165, 1.54) is 36.4 Å². The maximum atomic E-state index is 12.4. The van der Waals surface area contributed by atoms with Crippen LogP contribution in [0, 0.1) is 11.8 Å². The zero-order chi connectivity index (χ0) is 23.7. The molecule has 2 aromatic rings. The van der Waals surface area contributed by atoms with Gasteiger partial charge in [-0.25, -0.2) is 29.0 Å². The second-order valence-electron chi connectivity index (χ2n) is 7.82. The molecule has 170 valence electrons. The van der Waals surface area contributed by atoms with Gasteiger partial charge < -0.3 is 9.47 Å². The normalized spacial score (nSPS) is 10.6. The predicted octanol–water partition coefficient (Wildman–Crippen LogP) is 4.24. The maximum absolute atomic E-state index is 12.4. The number of hydrogen-bond donors (Lipinski definition) is 0. The Morgan fingerprint density at radius 3 is 1.12 bits per heavy atom. The van der Waals surface area contributed by atoms with Crippen LogP contribution in [0.3, 0.4) is 0 Å². The van der Waals surface area contributed by atoms with Crippen molar-refractivity contribution in [1.82, 2.24) is 0 Å². The summed E-state index contributed by atoms with van der Waals surface area (Å²) in [6, 6.07) is 11.7. The number of carbonyl (C=O) groups is 4. The van der Waals surface area contributed by atoms with E-state index in [0.29, 0.717) is 0 Å². The van der Waals surface area contributed by atoms with Crippen molar-refractivity contribution in [1.29, 1.82) is 0 Å². The molecule has 0 saturated carbocycles. The van der Waals surface area contributed by atoms with Crippen molar-refractivity contribution in [3.63, 3.8) is 0 Å². The lowest BCUT2D eigenvalue weighted by Crippen LogP contribution is -2.19. The van der Waals surface area contributed by atoms with Crippen molar-refractivity contribution in [2.24, 2.45) is 11.8 Å². The molecule has 0 heterocycles. The van der Waals surface area contributed by atoms with Gasteiger partial charge in [0.25, 0.3) is 0 Å². The van der Waals surface area contributed by atoms with Crippen molar-refractivity contribution in [2.75, 3.05) is 13.2 Å². The highest BCUT2D eigenvalue weighted by molar-refractivity contribution is 6.04. The first-order valence-corrected chi connectivity index (χ1v) is 10.2. The third kappa shape index (κ3) is 6.94. The average Bonchev–Trinajstić information content (AvgIpc) is 2.79. The summed E-state index contributed by atoms with van der Waals surface area (Å²) in [7, 11) is 0. The number of esters is 2. The Hall–Kier alpha value is -3.68. The lowest BCUT2D eigenvalue weighted by molar-refractivity contribution is -0.187. The molecular weight excluding hydrogens is 416 g/mol. The molecule has 0 amide bonds. The fourth-order valence-electron chi connectivity index (χ4n) is 2.48. The van der Waals surface area contributed by atoms with Crippen molar-refractivity contribution < 1.29 is 38.4 Å². The van der Waals surface area contributed by atoms with Crippen molar-refractivity contribution in [3.05, 3.63) is 70.8 Å². The van der Waals surface area contributed by atoms with E-state index in [4.69, 9.17) is 9.47 Å². The van der Waals surface area contributed by atoms with Gasteiger partial charge in [-0.1, -0.05) is 52.0 Å². The summed E-state index contributed by atoms with van der Waals surface area (Å²) in [6.45, 7) is 7.88. The smallest absolute Gasteiger partial charge is 0.387 e. The van der Waals surface area contributed by atoms with Gasteiger partial charge in [-0.2, -0.15) is 0 Å². The number of ether oxygens (including phenoxy) is 2. The van der Waals surface area contributed by atoms with E-state index in [0.717, 1.165) is 0 Å². The lowest BCUT2D eigenvalue weighted by atomic mass is 10.1. The second kappa shape index (κ2) is 11.6. The largest absolute Gasteiger partial charge is 0.462 e. The van der Waals surface area contributed by atoms with Crippen LogP contribution in [0.5, 0.6) is 0 Å². The van der Waals surface area contributed by atoms with Gasteiger partial charge in [0, 0.05) is 0 Å². The third-order valence-corrected chi connectivity index (χ3v) is 4.02. The van der Waals surface area contributed by atoms with E-state index < -0.39 is 23.9 Å². The topological polar surface area (TPSA) is 105 Å². The van der Waals surface area contributed by atoms with Gasteiger partial charge in [0.05, 0.1) is 35.5 Å². The molecule has 2 aromatic carbocycles. The van der Waals surface area contributed by atoms with Crippen LogP contribution >= 0.6 is 0 Å². The van der Waals surface area contributed by atoms with Gasteiger partial charge in [-0.05, 0) is 36.1 Å². The summed E-state index contributed by atoms with van der Waals surface area (Å²) < 4.78 is 10.3. The molecule has 0 atom stereocenters. The minimum Gasteiger partial charge on any atom is -0.462 e. The summed E-state index contributed by atoms with van der Waals surface area (Å²) in [4.78, 5) is 58.7. The molecule has 0 N–H and O–H groups in total. The Bertz CT molecular complexity index is 898. The highest BCUT2D eigenvalue weighted by Gasteiger charge is 2.24. The first-order chi connectivity index (χ1) is 15.2. The Labute approximate surface area is 186 Å². The quantitative estimate of drug-likeness (QED) is 0.340. The first-order valence-electron chi connectivity index (χ1n) is 10.2. The molecule has 0 aliphatic heterocycles. The van der Waals surface area contributed by atoms with E-state index in [1.807, 2.05) is 27.7 Å². The number of hydrogen-bond acceptors (Lipinski definition) is 8. The van der Waals surface area contributed by atoms with Gasteiger partial charge >= 0.3 is 23.9 Å². The molecule has 0 fully saturated rings. The Morgan fingerprint density at radius 2 is 0.844 bits per heavy atom. The minimum atomic E-state index is -1.06. The molecule has 0 aliphatic rings. The Balaban J connectivity index is 2.09. The maximum Gasteiger partial charge on any atom is 0.387 e. The van der Waals surface area contributed by atoms with Gasteiger partial charge in [-0.15, -0.1) is 0 Å². The summed E-state index contributed by atoms with van der Waals surface area (Å²) in [6.07, 6.45) is 0. The van der Waals surface area contributed by atoms with Crippen LogP contribution in [0.1, 0.15) is 69.1 Å². The summed E-state index contributed by atoms with van der Waals surface area (Å²) in [5.41, 5.74) is -0.295. The molecule has 2 rings (SSSR count). The van der Waals surface area contributed by atoms with Crippen molar-refractivity contribution in [3.8, 4) is 0 Å². The molecule has 0 saturated heterocycles. The molecule has 0 spiro atoms. The molecule has 0 radical (unpaired) electrons. The summed E-state index contributed by atoms with van der Waals surface area (Å²) >= 11 is 0. The highest BCUT2D eigenvalue weighted by atomic mass is 17.2. The van der Waals surface area contributed by atoms with E-state index in [2.05, 4.69) is 9.78 Å². The Kier molecular flexibility index (Phi) is 8.95. The van der Waals surface area contributed by atoms with Crippen LogP contribution in [0.25, 0.3) is 0 Å². The van der Waals surface area contributed by atoms with Crippen molar-refractivity contribution in [2.45, 2.75) is 27.7 Å². The summed E-state index contributed by atoms with van der Waals surface area (Å²) in [5.74, 6) is -3.28. The Morgan fingerprint density at radius 1 is 0.562 bits per heavy atom. The monoisotopic (exact) mass is 442 g/mol. The fourth-order valence-corrected chi connectivity index (χ4v) is 2.48. The van der Waals surface area contributed by atoms with E-state index in [9.17, 15) is 19.2 Å². The average molecular weight is 442 g/mol. The molecule has 8 heteroatoms. The van der Waals surface area contributed by atoms with Crippen molar-refractivity contribution >= 4 is 23.9 Å². The van der Waals surface area contributed by atoms with Gasteiger partial charge in [-0.3, -0.25) is 0 Å². The van der Waals surface area contributed by atoms with Gasteiger partial charge in [0.15, 0.2) is 0 Å². The molecular formula is C24H26O8. The fraction of sp³-hybridized carbons (Fsp3) is 0.333. The lowest BCUT2D eigenvalue weighted by Gasteiger charge is -2.11. The molecule has 8 nitrogen and oxygen atoms in total. The molecule has 0 aliphatic carbocycles. The van der Waals surface area contributed by atoms with E-state index in [-0.39, 0.29) is 47.3 Å². The molecule has 32 heavy (non-hydrogen) atoms. The van der Waals surface area contributed by atoms with E-state index in [1.54, 1.807) is 12.1 Å². The molecule has 0 unspecified atom stereocenters. The number of carbonyl (C=O) groups excluding carboxylic acids is 4. The van der Waals surface area contributed by atoms with Crippen LogP contribution in [-0.2, 0) is 19.2 Å². The van der Waals surface area contributed by atoms with Gasteiger partial charge in [0.2, 0.25) is 0 Å². The number of rotatable bonds is 8. The van der Waals surface area contributed by atoms with Crippen LogP contribution in [0.4, 0.5) is 0 Å². The van der Waals surface area contributed by atoms with Crippen LogP contribution in [-0.4, -0.2) is 37.1 Å². The van der Waals surface area contributed by atoms with Crippen LogP contribution in [0.2, 0.25) is 0 Å². The number of benzene rings is 2. The highest BCUT2D eigenvalue weighted by Crippen LogP contribution is 2.16. The summed E-state index contributed by atoms with van der Waals surface area (Å²) in [5, 5.41) is 0. The SMILES string of the molecule is CC(C)COC(=O)c1ccccc1C(=O)OOC(=O)c1ccccc1C(=O)OCC(C)C. The first kappa shape index (κ1) is 24.6. The van der Waals surface area contributed by atoms with Gasteiger partial charge in [0.1, 0.15) is 0 Å². The third-order valence-electron chi connectivity index (χ3n) is 4.02. The zero-order valence-electron chi connectivity index (χ0n) is 18.5. The minimum absolute atomic E-state index is 0.0214. The van der Waals surface area contributed by atoms with Crippen LogP contribution < -0.4 is 0 Å². The molecule has 0 bridgehead atoms. The molecule has 0 aromatic heterocycles. The van der Waals surface area contributed by atoms with Crippen LogP contribution in [0.15, 0.2) is 48.5 Å².